The summed E-state index contributed by atoms with van der Waals surface area (Å²) in [5.74, 6) is 1.76. The zero-order valence-electron chi connectivity index (χ0n) is 13.1. The number of hydrogen-bond donors (Lipinski definition) is 0. The Hall–Kier alpha value is -2.00. The van der Waals surface area contributed by atoms with Crippen LogP contribution in [0.15, 0.2) is 53.6 Å². The highest BCUT2D eigenvalue weighted by atomic mass is 32.2. The molecular formula is C19H19NOS. The smallest absolute Gasteiger partial charge is 0.145 e. The minimum Gasteiger partial charge on any atom is -0.494 e. The van der Waals surface area contributed by atoms with Crippen LogP contribution in [0.3, 0.4) is 0 Å². The van der Waals surface area contributed by atoms with Crippen molar-refractivity contribution < 1.29 is 4.74 Å². The topological polar surface area (TPSA) is 22.1 Å². The molecule has 3 rings (SSSR count). The van der Waals surface area contributed by atoms with Gasteiger partial charge in [-0.3, -0.25) is 0 Å². The van der Waals surface area contributed by atoms with Crippen molar-refractivity contribution >= 4 is 22.7 Å². The highest BCUT2D eigenvalue weighted by Crippen LogP contribution is 2.30. The number of methoxy groups -OCH3 is 1. The predicted octanol–water partition coefficient (Wildman–Crippen LogP) is 5.15. The van der Waals surface area contributed by atoms with E-state index in [1.807, 2.05) is 12.1 Å². The van der Waals surface area contributed by atoms with Crippen molar-refractivity contribution in [2.75, 3.05) is 7.11 Å². The number of aromatic nitrogens is 1. The fraction of sp³-hybridized carbons (Fsp3) is 0.211. The molecule has 3 heteroatoms. The highest BCUT2D eigenvalue weighted by Gasteiger charge is 2.08. The van der Waals surface area contributed by atoms with E-state index in [-0.39, 0.29) is 0 Å². The van der Waals surface area contributed by atoms with Gasteiger partial charge in [-0.1, -0.05) is 42.0 Å². The van der Waals surface area contributed by atoms with Gasteiger partial charge in [-0.05, 0) is 37.1 Å². The van der Waals surface area contributed by atoms with Gasteiger partial charge in [-0.25, -0.2) is 4.98 Å². The van der Waals surface area contributed by atoms with Gasteiger partial charge in [0.1, 0.15) is 11.3 Å². The summed E-state index contributed by atoms with van der Waals surface area (Å²) in [7, 11) is 1.69. The van der Waals surface area contributed by atoms with Crippen LogP contribution in [0.5, 0.6) is 5.75 Å². The maximum absolute atomic E-state index is 5.44. The van der Waals surface area contributed by atoms with Crippen LogP contribution in [0.25, 0.3) is 10.9 Å². The summed E-state index contributed by atoms with van der Waals surface area (Å²) in [5, 5.41) is 2.19. The van der Waals surface area contributed by atoms with E-state index in [2.05, 4.69) is 50.2 Å². The second-order valence-corrected chi connectivity index (χ2v) is 6.41. The number of rotatable bonds is 4. The third-order valence-electron chi connectivity index (χ3n) is 3.67. The first kappa shape index (κ1) is 14.9. The van der Waals surface area contributed by atoms with E-state index < -0.39 is 0 Å². The molecule has 0 aliphatic heterocycles. The zero-order chi connectivity index (χ0) is 15.5. The number of benzene rings is 2. The molecule has 0 amide bonds. The molecular weight excluding hydrogens is 290 g/mol. The van der Waals surface area contributed by atoms with Crippen molar-refractivity contribution in [1.29, 1.82) is 0 Å². The minimum atomic E-state index is 0.832. The van der Waals surface area contributed by atoms with E-state index in [0.29, 0.717) is 0 Å². The normalized spacial score (nSPS) is 10.9. The van der Waals surface area contributed by atoms with Crippen LogP contribution in [0, 0.1) is 13.8 Å². The molecule has 112 valence electrons. The highest BCUT2D eigenvalue weighted by molar-refractivity contribution is 7.98. The van der Waals surface area contributed by atoms with E-state index in [9.17, 15) is 0 Å². The van der Waals surface area contributed by atoms with Crippen molar-refractivity contribution in [2.24, 2.45) is 0 Å². The predicted molar refractivity (Wildman–Crippen MR) is 93.8 cm³/mol. The van der Waals surface area contributed by atoms with E-state index in [1.165, 1.54) is 16.7 Å². The average molecular weight is 309 g/mol. The Morgan fingerprint density at radius 2 is 1.86 bits per heavy atom. The quantitative estimate of drug-likeness (QED) is 0.622. The number of para-hydroxylation sites is 1. The molecule has 1 heterocycles. The molecule has 3 aromatic rings. The second kappa shape index (κ2) is 6.41. The number of hydrogen-bond acceptors (Lipinski definition) is 3. The molecule has 2 nitrogen and oxygen atoms in total. The fourth-order valence-electron chi connectivity index (χ4n) is 2.56. The van der Waals surface area contributed by atoms with Crippen LogP contribution in [-0.4, -0.2) is 12.1 Å². The summed E-state index contributed by atoms with van der Waals surface area (Å²) in [6.07, 6.45) is 0. The van der Waals surface area contributed by atoms with E-state index >= 15 is 0 Å². The number of nitrogens with zero attached hydrogens (tertiary/aromatic N) is 1. The molecule has 0 unspecified atom stereocenters. The van der Waals surface area contributed by atoms with E-state index in [0.717, 1.165) is 27.4 Å². The molecule has 0 aliphatic rings. The Kier molecular flexibility index (Phi) is 4.34. The van der Waals surface area contributed by atoms with Gasteiger partial charge in [0.05, 0.1) is 12.1 Å². The van der Waals surface area contributed by atoms with Crippen molar-refractivity contribution in [3.63, 3.8) is 0 Å². The van der Waals surface area contributed by atoms with Crippen LogP contribution in [0.2, 0.25) is 0 Å². The summed E-state index contributed by atoms with van der Waals surface area (Å²) in [6, 6.07) is 16.8. The van der Waals surface area contributed by atoms with Crippen LogP contribution in [0.4, 0.5) is 0 Å². The second-order valence-electron chi connectivity index (χ2n) is 5.41. The summed E-state index contributed by atoms with van der Waals surface area (Å²) in [6.45, 7) is 4.25. The molecule has 0 bridgehead atoms. The SMILES string of the molecule is COc1cccc2c(C)cc(SCc3cccc(C)c3)nc12. The van der Waals surface area contributed by atoms with E-state index in [1.54, 1.807) is 18.9 Å². The maximum Gasteiger partial charge on any atom is 0.145 e. The number of pyridine rings is 1. The molecule has 0 fully saturated rings. The lowest BCUT2D eigenvalue weighted by atomic mass is 10.1. The van der Waals surface area contributed by atoms with Crippen LogP contribution < -0.4 is 4.74 Å². The third kappa shape index (κ3) is 3.09. The van der Waals surface area contributed by atoms with Gasteiger partial charge in [0.25, 0.3) is 0 Å². The Morgan fingerprint density at radius 1 is 1.05 bits per heavy atom. The molecule has 0 aliphatic carbocycles. The fourth-order valence-corrected chi connectivity index (χ4v) is 3.47. The Balaban J connectivity index is 1.91. The van der Waals surface area contributed by atoms with Gasteiger partial charge in [0, 0.05) is 11.1 Å². The van der Waals surface area contributed by atoms with Crippen LogP contribution >= 0.6 is 11.8 Å². The molecule has 2 aromatic carbocycles. The van der Waals surface area contributed by atoms with Gasteiger partial charge in [-0.15, -0.1) is 11.8 Å². The molecule has 0 spiro atoms. The Morgan fingerprint density at radius 3 is 2.64 bits per heavy atom. The monoisotopic (exact) mass is 309 g/mol. The first-order valence-corrected chi connectivity index (χ1v) is 8.28. The zero-order valence-corrected chi connectivity index (χ0v) is 13.9. The van der Waals surface area contributed by atoms with Gasteiger partial charge in [-0.2, -0.15) is 0 Å². The van der Waals surface area contributed by atoms with Crippen LogP contribution in [-0.2, 0) is 5.75 Å². The van der Waals surface area contributed by atoms with Crippen LogP contribution in [0.1, 0.15) is 16.7 Å². The number of aryl methyl sites for hydroxylation is 2. The Bertz CT molecular complexity index is 814. The minimum absolute atomic E-state index is 0.832. The molecule has 0 atom stereocenters. The van der Waals surface area contributed by atoms with E-state index in [4.69, 9.17) is 9.72 Å². The lowest BCUT2D eigenvalue weighted by molar-refractivity contribution is 0.418. The van der Waals surface area contributed by atoms with Gasteiger partial charge in [0.2, 0.25) is 0 Å². The lowest BCUT2D eigenvalue weighted by Gasteiger charge is -2.09. The number of ether oxygens (including phenoxy) is 1. The third-order valence-corrected chi connectivity index (χ3v) is 4.66. The molecule has 0 saturated carbocycles. The summed E-state index contributed by atoms with van der Waals surface area (Å²) >= 11 is 1.76. The van der Waals surface area contributed by atoms with Gasteiger partial charge < -0.3 is 4.74 Å². The number of thioether (sulfide) groups is 1. The van der Waals surface area contributed by atoms with Gasteiger partial charge >= 0.3 is 0 Å². The standard InChI is InChI=1S/C19H19NOS/c1-13-6-4-7-15(10-13)12-22-18-11-14(2)16-8-5-9-17(21-3)19(16)20-18/h4-11H,12H2,1-3H3. The largest absolute Gasteiger partial charge is 0.494 e. The molecule has 0 N–H and O–H groups in total. The van der Waals surface area contributed by atoms with Crippen molar-refractivity contribution in [2.45, 2.75) is 24.6 Å². The summed E-state index contributed by atoms with van der Waals surface area (Å²) < 4.78 is 5.44. The summed E-state index contributed by atoms with van der Waals surface area (Å²) in [4.78, 5) is 4.78. The van der Waals surface area contributed by atoms with Crippen molar-refractivity contribution in [3.05, 3.63) is 65.2 Å². The molecule has 0 saturated heterocycles. The number of fused-ring (bicyclic) bond motifs is 1. The average Bonchev–Trinajstić information content (AvgIpc) is 2.52. The molecule has 0 radical (unpaired) electrons. The van der Waals surface area contributed by atoms with Gasteiger partial charge in [0.15, 0.2) is 0 Å². The van der Waals surface area contributed by atoms with Crippen molar-refractivity contribution in [1.82, 2.24) is 4.98 Å². The van der Waals surface area contributed by atoms with Crippen molar-refractivity contribution in [3.8, 4) is 5.75 Å². The summed E-state index contributed by atoms with van der Waals surface area (Å²) in [5.41, 5.74) is 4.79. The molecule has 1 aromatic heterocycles. The molecule has 22 heavy (non-hydrogen) atoms. The first-order valence-electron chi connectivity index (χ1n) is 7.30. The maximum atomic E-state index is 5.44. The Labute approximate surface area is 135 Å². The lowest BCUT2D eigenvalue weighted by Crippen LogP contribution is -1.92. The first-order chi connectivity index (χ1) is 10.7.